The molecule has 3 heteroatoms. The van der Waals surface area contributed by atoms with Crippen LogP contribution in [0.2, 0.25) is 0 Å². The smallest absolute Gasteiger partial charge is 0.143 e. The number of halogens is 2. The predicted molar refractivity (Wildman–Crippen MR) is 58.7 cm³/mol. The van der Waals surface area contributed by atoms with E-state index in [2.05, 4.69) is 0 Å². The molecule has 2 atom stereocenters. The lowest BCUT2D eigenvalue weighted by Crippen LogP contribution is -2.21. The Bertz CT molecular complexity index is 334. The highest BCUT2D eigenvalue weighted by molar-refractivity contribution is 6.31. The molecule has 2 rings (SSSR count). The molecule has 2 unspecified atom stereocenters. The van der Waals surface area contributed by atoms with E-state index in [-0.39, 0.29) is 11.5 Å². The van der Waals surface area contributed by atoms with Crippen molar-refractivity contribution in [1.82, 2.24) is 0 Å². The second-order valence-corrected chi connectivity index (χ2v) is 4.03. The number of benzene rings is 1. The molecule has 1 aliphatic heterocycles. The molecule has 0 N–H and O–H groups in total. The zero-order valence-corrected chi connectivity index (χ0v) is 9.00. The van der Waals surface area contributed by atoms with Crippen molar-refractivity contribution < 1.29 is 4.74 Å². The molecule has 1 heterocycles. The molecule has 0 spiro atoms. The standard InChI is InChI=1S/C11H10Cl2O/c12-9-6-7-14-11(13)10(9)8-4-2-1-3-5-8/h1-6,10-11H,7H2. The minimum Gasteiger partial charge on any atom is -0.357 e. The third-order valence-electron chi connectivity index (χ3n) is 2.25. The Balaban J connectivity index is 2.32. The molecule has 1 nitrogen and oxygen atoms in total. The van der Waals surface area contributed by atoms with Gasteiger partial charge in [0.05, 0.1) is 12.5 Å². The topological polar surface area (TPSA) is 9.23 Å². The van der Waals surface area contributed by atoms with E-state index < -0.39 is 0 Å². The zero-order chi connectivity index (χ0) is 9.97. The molecule has 0 amide bonds. The van der Waals surface area contributed by atoms with Crippen molar-refractivity contribution in [3.63, 3.8) is 0 Å². The van der Waals surface area contributed by atoms with Gasteiger partial charge in [-0.05, 0) is 11.6 Å². The van der Waals surface area contributed by atoms with Gasteiger partial charge in [-0.25, -0.2) is 0 Å². The van der Waals surface area contributed by atoms with E-state index in [4.69, 9.17) is 27.9 Å². The van der Waals surface area contributed by atoms with Crippen LogP contribution in [-0.2, 0) is 4.74 Å². The first-order valence-electron chi connectivity index (χ1n) is 4.45. The van der Waals surface area contributed by atoms with Crippen LogP contribution >= 0.6 is 23.2 Å². The summed E-state index contributed by atoms with van der Waals surface area (Å²) in [7, 11) is 0. The van der Waals surface area contributed by atoms with Gasteiger partial charge in [0.2, 0.25) is 0 Å². The second-order valence-electron chi connectivity index (χ2n) is 3.16. The number of hydrogen-bond donors (Lipinski definition) is 0. The quantitative estimate of drug-likeness (QED) is 0.670. The van der Waals surface area contributed by atoms with Gasteiger partial charge in [-0.3, -0.25) is 0 Å². The van der Waals surface area contributed by atoms with Crippen LogP contribution in [0.25, 0.3) is 0 Å². The lowest BCUT2D eigenvalue weighted by Gasteiger charge is -2.26. The average molecular weight is 229 g/mol. The van der Waals surface area contributed by atoms with Gasteiger partial charge >= 0.3 is 0 Å². The van der Waals surface area contributed by atoms with Gasteiger partial charge in [0.15, 0.2) is 0 Å². The third-order valence-corrected chi connectivity index (χ3v) is 3.02. The molecule has 1 aromatic carbocycles. The highest BCUT2D eigenvalue weighted by Crippen LogP contribution is 2.36. The Kier molecular flexibility index (Phi) is 3.12. The first-order chi connectivity index (χ1) is 6.79. The molecule has 0 bridgehead atoms. The summed E-state index contributed by atoms with van der Waals surface area (Å²) in [6, 6.07) is 9.92. The van der Waals surface area contributed by atoms with Crippen LogP contribution in [0, 0.1) is 0 Å². The van der Waals surface area contributed by atoms with Crippen LogP contribution in [0.15, 0.2) is 41.4 Å². The predicted octanol–water partition coefficient (Wildman–Crippen LogP) is 3.49. The van der Waals surface area contributed by atoms with Crippen LogP contribution in [0.1, 0.15) is 11.5 Å². The van der Waals surface area contributed by atoms with E-state index in [1.165, 1.54) is 0 Å². The van der Waals surface area contributed by atoms with Gasteiger partial charge in [-0.2, -0.15) is 0 Å². The molecule has 1 aromatic rings. The molecule has 0 radical (unpaired) electrons. The van der Waals surface area contributed by atoms with Crippen molar-refractivity contribution in [2.24, 2.45) is 0 Å². The van der Waals surface area contributed by atoms with Crippen molar-refractivity contribution in [2.45, 2.75) is 11.5 Å². The van der Waals surface area contributed by atoms with Crippen molar-refractivity contribution >= 4 is 23.2 Å². The lowest BCUT2D eigenvalue weighted by molar-refractivity contribution is 0.111. The van der Waals surface area contributed by atoms with Gasteiger partial charge in [-0.1, -0.05) is 53.5 Å². The Labute approximate surface area is 93.3 Å². The summed E-state index contributed by atoms with van der Waals surface area (Å²) < 4.78 is 5.32. The van der Waals surface area contributed by atoms with E-state index in [0.717, 1.165) is 10.6 Å². The maximum Gasteiger partial charge on any atom is 0.143 e. The van der Waals surface area contributed by atoms with Crippen LogP contribution in [0.5, 0.6) is 0 Å². The highest BCUT2D eigenvalue weighted by Gasteiger charge is 2.27. The fourth-order valence-corrected chi connectivity index (χ4v) is 2.26. The average Bonchev–Trinajstić information content (AvgIpc) is 2.19. The Morgan fingerprint density at radius 3 is 2.57 bits per heavy atom. The molecule has 0 fully saturated rings. The normalized spacial score (nSPS) is 27.1. The van der Waals surface area contributed by atoms with Gasteiger partial charge in [0, 0.05) is 5.03 Å². The number of rotatable bonds is 1. The van der Waals surface area contributed by atoms with E-state index in [9.17, 15) is 0 Å². The van der Waals surface area contributed by atoms with Crippen molar-refractivity contribution in [3.05, 3.63) is 47.0 Å². The number of ether oxygens (including phenoxy) is 1. The summed E-state index contributed by atoms with van der Waals surface area (Å²) in [6.07, 6.45) is 1.86. The summed E-state index contributed by atoms with van der Waals surface area (Å²) in [5, 5.41) is 0.766. The Hall–Kier alpha value is -0.500. The molecule has 1 aliphatic rings. The maximum absolute atomic E-state index is 6.11. The van der Waals surface area contributed by atoms with E-state index >= 15 is 0 Å². The SMILES string of the molecule is ClC1=CCOC(Cl)C1c1ccccc1. The van der Waals surface area contributed by atoms with Gasteiger partial charge in [0.1, 0.15) is 5.56 Å². The summed E-state index contributed by atoms with van der Waals surface area (Å²) >= 11 is 12.2. The molecular formula is C11H10Cl2O. The number of alkyl halides is 1. The Morgan fingerprint density at radius 2 is 1.93 bits per heavy atom. The van der Waals surface area contributed by atoms with Crippen LogP contribution in [0.4, 0.5) is 0 Å². The van der Waals surface area contributed by atoms with E-state index in [1.54, 1.807) is 0 Å². The summed E-state index contributed by atoms with van der Waals surface area (Å²) in [5.41, 5.74) is 0.725. The minimum atomic E-state index is -0.366. The second kappa shape index (κ2) is 4.35. The molecule has 0 aromatic heterocycles. The molecule has 0 saturated carbocycles. The summed E-state index contributed by atoms with van der Waals surface area (Å²) in [5.74, 6) is -0.0340. The molecule has 0 aliphatic carbocycles. The van der Waals surface area contributed by atoms with E-state index in [1.807, 2.05) is 36.4 Å². The highest BCUT2D eigenvalue weighted by atomic mass is 35.5. The molecule has 74 valence electrons. The van der Waals surface area contributed by atoms with Crippen LogP contribution < -0.4 is 0 Å². The molecular weight excluding hydrogens is 219 g/mol. The molecule has 14 heavy (non-hydrogen) atoms. The summed E-state index contributed by atoms with van der Waals surface area (Å²) in [6.45, 7) is 0.496. The van der Waals surface area contributed by atoms with Crippen molar-refractivity contribution in [1.29, 1.82) is 0 Å². The molecule has 0 saturated heterocycles. The Morgan fingerprint density at radius 1 is 1.21 bits per heavy atom. The number of hydrogen-bond acceptors (Lipinski definition) is 1. The van der Waals surface area contributed by atoms with E-state index in [0.29, 0.717) is 6.61 Å². The fraction of sp³-hybridized carbons (Fsp3) is 0.273. The first kappa shape index (κ1) is 10.0. The van der Waals surface area contributed by atoms with Crippen molar-refractivity contribution in [2.75, 3.05) is 6.61 Å². The van der Waals surface area contributed by atoms with Gasteiger partial charge < -0.3 is 4.74 Å². The zero-order valence-electron chi connectivity index (χ0n) is 7.49. The van der Waals surface area contributed by atoms with Gasteiger partial charge in [-0.15, -0.1) is 0 Å². The largest absolute Gasteiger partial charge is 0.357 e. The summed E-state index contributed by atoms with van der Waals surface area (Å²) in [4.78, 5) is 0. The lowest BCUT2D eigenvalue weighted by atomic mass is 9.98. The fourth-order valence-electron chi connectivity index (χ4n) is 1.54. The van der Waals surface area contributed by atoms with Crippen molar-refractivity contribution in [3.8, 4) is 0 Å². The van der Waals surface area contributed by atoms with Crippen LogP contribution in [0.3, 0.4) is 0 Å². The van der Waals surface area contributed by atoms with Gasteiger partial charge in [0.25, 0.3) is 0 Å². The minimum absolute atomic E-state index is 0.0340. The first-order valence-corrected chi connectivity index (χ1v) is 5.26. The third kappa shape index (κ3) is 1.95. The van der Waals surface area contributed by atoms with Crippen LogP contribution in [-0.4, -0.2) is 12.2 Å². The monoisotopic (exact) mass is 228 g/mol. The maximum atomic E-state index is 6.11.